The van der Waals surface area contributed by atoms with Crippen LogP contribution in [-0.2, 0) is 9.59 Å². The molecule has 0 bridgehead atoms. The Labute approximate surface area is 196 Å². The number of nitrogens with zero attached hydrogens (tertiary/aromatic N) is 2. The number of amides is 1. The molecule has 3 aromatic rings. The van der Waals surface area contributed by atoms with Gasteiger partial charge in [0.2, 0.25) is 0 Å². The van der Waals surface area contributed by atoms with E-state index in [-0.39, 0.29) is 32.6 Å². The van der Waals surface area contributed by atoms with E-state index in [2.05, 4.69) is 0 Å². The second-order valence-electron chi connectivity index (χ2n) is 7.13. The second-order valence-corrected chi connectivity index (χ2v) is 7.94. The number of benzene rings is 3. The number of halogens is 3. The van der Waals surface area contributed by atoms with Crippen LogP contribution in [-0.4, -0.2) is 21.7 Å². The van der Waals surface area contributed by atoms with Crippen molar-refractivity contribution in [3.8, 4) is 0 Å². The molecule has 10 heteroatoms. The molecule has 1 unspecified atom stereocenters. The molecule has 1 atom stereocenters. The number of non-ortho nitro benzene ring substituents is 1. The third-order valence-corrected chi connectivity index (χ3v) is 5.88. The van der Waals surface area contributed by atoms with Crippen molar-refractivity contribution in [3.05, 3.63) is 109 Å². The minimum absolute atomic E-state index is 0.0860. The predicted octanol–water partition coefficient (Wildman–Crippen LogP) is 5.67. The summed E-state index contributed by atoms with van der Waals surface area (Å²) in [5.74, 6) is -3.16. The van der Waals surface area contributed by atoms with Crippen LogP contribution >= 0.6 is 23.2 Å². The van der Waals surface area contributed by atoms with Crippen molar-refractivity contribution in [2.24, 2.45) is 0 Å². The fourth-order valence-electron chi connectivity index (χ4n) is 3.62. The van der Waals surface area contributed by atoms with Crippen LogP contribution in [0.25, 0.3) is 5.76 Å². The normalized spacial score (nSPS) is 17.4. The van der Waals surface area contributed by atoms with Crippen LogP contribution in [0.5, 0.6) is 0 Å². The minimum atomic E-state index is -1.16. The molecule has 1 aliphatic heterocycles. The molecule has 166 valence electrons. The zero-order chi connectivity index (χ0) is 23.9. The molecule has 0 aliphatic carbocycles. The van der Waals surface area contributed by atoms with Gasteiger partial charge in [-0.1, -0.05) is 35.3 Å². The van der Waals surface area contributed by atoms with E-state index in [4.69, 9.17) is 23.2 Å². The second kappa shape index (κ2) is 8.65. The summed E-state index contributed by atoms with van der Waals surface area (Å²) in [6, 6.07) is 13.2. The van der Waals surface area contributed by atoms with Crippen molar-refractivity contribution in [2.75, 3.05) is 4.90 Å². The van der Waals surface area contributed by atoms with Gasteiger partial charge in [0.15, 0.2) is 0 Å². The number of anilines is 1. The van der Waals surface area contributed by atoms with E-state index >= 15 is 0 Å². The number of hydrogen-bond donors (Lipinski definition) is 1. The first kappa shape index (κ1) is 22.4. The molecule has 1 heterocycles. The topological polar surface area (TPSA) is 101 Å². The summed E-state index contributed by atoms with van der Waals surface area (Å²) < 4.78 is 13.9. The number of carbonyl (C=O) groups is 2. The molecule has 0 saturated carbocycles. The molecule has 33 heavy (non-hydrogen) atoms. The first-order chi connectivity index (χ1) is 15.7. The summed E-state index contributed by atoms with van der Waals surface area (Å²) in [5.41, 5.74) is 0.0273. The Morgan fingerprint density at radius 2 is 1.70 bits per heavy atom. The molecule has 0 radical (unpaired) electrons. The maximum absolute atomic E-state index is 13.9. The molecular formula is C23H13Cl2FN2O5. The lowest BCUT2D eigenvalue weighted by Gasteiger charge is -2.25. The van der Waals surface area contributed by atoms with Crippen LogP contribution in [0.2, 0.25) is 10.0 Å². The van der Waals surface area contributed by atoms with Crippen LogP contribution in [0.15, 0.2) is 72.3 Å². The van der Waals surface area contributed by atoms with Gasteiger partial charge in [0.25, 0.3) is 17.4 Å². The summed E-state index contributed by atoms with van der Waals surface area (Å²) in [7, 11) is 0. The third kappa shape index (κ3) is 4.06. The number of Topliss-reactive ketones (excluding diaryl/α,β-unsaturated/α-hetero) is 1. The lowest BCUT2D eigenvalue weighted by atomic mass is 9.95. The number of aliphatic hydroxyl groups is 1. The smallest absolute Gasteiger partial charge is 0.300 e. The Balaban J connectivity index is 1.94. The highest BCUT2D eigenvalue weighted by molar-refractivity contribution is 6.51. The molecule has 1 N–H and O–H groups in total. The molecule has 1 amide bonds. The molecular weight excluding hydrogens is 474 g/mol. The largest absolute Gasteiger partial charge is 0.507 e. The Morgan fingerprint density at radius 3 is 2.30 bits per heavy atom. The first-order valence-corrected chi connectivity index (χ1v) is 10.2. The van der Waals surface area contributed by atoms with E-state index in [1.54, 1.807) is 0 Å². The number of nitro groups is 1. The van der Waals surface area contributed by atoms with Crippen molar-refractivity contribution < 1.29 is 24.0 Å². The van der Waals surface area contributed by atoms with E-state index < -0.39 is 34.2 Å². The monoisotopic (exact) mass is 486 g/mol. The van der Waals surface area contributed by atoms with Crippen LogP contribution in [0.4, 0.5) is 15.8 Å². The van der Waals surface area contributed by atoms with E-state index in [0.717, 1.165) is 23.1 Å². The van der Waals surface area contributed by atoms with E-state index in [9.17, 15) is 29.2 Å². The molecule has 1 aliphatic rings. The summed E-state index contributed by atoms with van der Waals surface area (Å²) in [5, 5.41) is 22.3. The lowest BCUT2D eigenvalue weighted by molar-refractivity contribution is -0.384. The van der Waals surface area contributed by atoms with Gasteiger partial charge < -0.3 is 5.11 Å². The van der Waals surface area contributed by atoms with Crippen molar-refractivity contribution >= 4 is 52.0 Å². The van der Waals surface area contributed by atoms with Gasteiger partial charge >= 0.3 is 0 Å². The standard InChI is InChI=1S/C23H13Cl2FN2O5/c24-17-9-6-13(10-18(17)25)20-19(21(29)12-4-7-15(8-5-12)28(32)33)22(30)23(31)27(20)16-3-1-2-14(26)11-16/h1-11,20,29H/b21-19-. The Hall–Kier alpha value is -3.75. The van der Waals surface area contributed by atoms with Crippen molar-refractivity contribution in [1.29, 1.82) is 0 Å². The van der Waals surface area contributed by atoms with Crippen molar-refractivity contribution in [3.63, 3.8) is 0 Å². The quantitative estimate of drug-likeness (QED) is 0.168. The Morgan fingerprint density at radius 1 is 1.00 bits per heavy atom. The highest BCUT2D eigenvalue weighted by Crippen LogP contribution is 2.43. The van der Waals surface area contributed by atoms with Crippen molar-refractivity contribution in [1.82, 2.24) is 0 Å². The van der Waals surface area contributed by atoms with Gasteiger partial charge in [-0.3, -0.25) is 24.6 Å². The van der Waals surface area contributed by atoms with Crippen molar-refractivity contribution in [2.45, 2.75) is 6.04 Å². The van der Waals surface area contributed by atoms with E-state index in [1.807, 2.05) is 0 Å². The van der Waals surface area contributed by atoms with E-state index in [1.165, 1.54) is 48.5 Å². The van der Waals surface area contributed by atoms with Crippen LogP contribution in [0, 0.1) is 15.9 Å². The Kier molecular flexibility index (Phi) is 5.88. The number of ketones is 1. The average molecular weight is 487 g/mol. The van der Waals surface area contributed by atoms with Gasteiger partial charge in [-0.15, -0.1) is 0 Å². The molecule has 1 fully saturated rings. The molecule has 7 nitrogen and oxygen atoms in total. The van der Waals surface area contributed by atoms with Gasteiger partial charge in [0.1, 0.15) is 11.6 Å². The molecule has 3 aromatic carbocycles. The van der Waals surface area contributed by atoms with Gasteiger partial charge in [-0.2, -0.15) is 0 Å². The Bertz CT molecular complexity index is 1340. The first-order valence-electron chi connectivity index (χ1n) is 9.45. The number of rotatable bonds is 4. The van der Waals surface area contributed by atoms with Gasteiger partial charge in [-0.05, 0) is 48.0 Å². The summed E-state index contributed by atoms with van der Waals surface area (Å²) >= 11 is 12.2. The maximum Gasteiger partial charge on any atom is 0.300 e. The zero-order valence-electron chi connectivity index (χ0n) is 16.5. The fraction of sp³-hybridized carbons (Fsp3) is 0.0435. The molecule has 0 spiro atoms. The number of aliphatic hydroxyl groups excluding tert-OH is 1. The van der Waals surface area contributed by atoms with E-state index in [0.29, 0.717) is 5.56 Å². The maximum atomic E-state index is 13.9. The predicted molar refractivity (Wildman–Crippen MR) is 121 cm³/mol. The zero-order valence-corrected chi connectivity index (χ0v) is 18.0. The number of carbonyl (C=O) groups excluding carboxylic acids is 2. The summed E-state index contributed by atoms with van der Waals surface area (Å²) in [4.78, 5) is 37.4. The highest BCUT2D eigenvalue weighted by Gasteiger charge is 2.47. The van der Waals surface area contributed by atoms with Gasteiger partial charge in [0, 0.05) is 23.4 Å². The summed E-state index contributed by atoms with van der Waals surface area (Å²) in [6.45, 7) is 0. The average Bonchev–Trinajstić information content (AvgIpc) is 3.06. The molecule has 1 saturated heterocycles. The molecule has 4 rings (SSSR count). The number of nitro benzene ring substituents is 1. The minimum Gasteiger partial charge on any atom is -0.507 e. The third-order valence-electron chi connectivity index (χ3n) is 5.14. The SMILES string of the molecule is O=C1C(=O)N(c2cccc(F)c2)C(c2ccc(Cl)c(Cl)c2)/C1=C(/O)c1ccc([N+](=O)[O-])cc1. The van der Waals surface area contributed by atoms with Crippen LogP contribution in [0.3, 0.4) is 0 Å². The summed E-state index contributed by atoms with van der Waals surface area (Å²) in [6.07, 6.45) is 0. The fourth-order valence-corrected chi connectivity index (χ4v) is 3.93. The highest BCUT2D eigenvalue weighted by atomic mass is 35.5. The lowest BCUT2D eigenvalue weighted by Crippen LogP contribution is -2.29. The molecule has 0 aromatic heterocycles. The van der Waals surface area contributed by atoms with Crippen LogP contribution in [0.1, 0.15) is 17.2 Å². The van der Waals surface area contributed by atoms with Crippen LogP contribution < -0.4 is 4.90 Å². The van der Waals surface area contributed by atoms with Gasteiger partial charge in [-0.25, -0.2) is 4.39 Å². The number of hydrogen-bond acceptors (Lipinski definition) is 5. The van der Waals surface area contributed by atoms with Gasteiger partial charge in [0.05, 0.1) is 26.6 Å².